The van der Waals surface area contributed by atoms with Crippen LogP contribution >= 0.6 is 11.8 Å². The van der Waals surface area contributed by atoms with Crippen LogP contribution < -0.4 is 5.32 Å². The molecule has 1 amide bonds. The van der Waals surface area contributed by atoms with Gasteiger partial charge in [-0.3, -0.25) is 4.79 Å². The summed E-state index contributed by atoms with van der Waals surface area (Å²) in [5, 5.41) is 16.0. The first-order valence-electron chi connectivity index (χ1n) is 10.7. The van der Waals surface area contributed by atoms with Gasteiger partial charge in [0.05, 0.1) is 5.57 Å². The first-order valence-corrected chi connectivity index (χ1v) is 11.7. The second-order valence-corrected chi connectivity index (χ2v) is 8.96. The van der Waals surface area contributed by atoms with Crippen LogP contribution in [0.2, 0.25) is 0 Å². The molecule has 0 unspecified atom stereocenters. The maximum Gasteiger partial charge on any atom is 0.256 e. The lowest BCUT2D eigenvalue weighted by Gasteiger charge is -2.18. The fourth-order valence-electron chi connectivity index (χ4n) is 3.99. The summed E-state index contributed by atoms with van der Waals surface area (Å²) < 4.78 is 0. The molecule has 0 radical (unpaired) electrons. The summed E-state index contributed by atoms with van der Waals surface area (Å²) in [7, 11) is 0. The van der Waals surface area contributed by atoms with Crippen molar-refractivity contribution in [3.05, 3.63) is 113 Å². The number of carbonyl (C=O) groups is 1. The molecular weight excluding hydrogens is 414 g/mol. The van der Waals surface area contributed by atoms with Crippen molar-refractivity contribution in [3.63, 3.8) is 0 Å². The lowest BCUT2D eigenvalue weighted by molar-refractivity contribution is -0.112. The van der Waals surface area contributed by atoms with Gasteiger partial charge in [-0.2, -0.15) is 0 Å². The lowest BCUT2D eigenvalue weighted by Crippen LogP contribution is -2.19. The minimum atomic E-state index is -0.256. The number of hydrogen-bond acceptors (Lipinski definition) is 3. The molecule has 3 nitrogen and oxygen atoms in total. The third-order valence-electron chi connectivity index (χ3n) is 5.80. The molecule has 5 rings (SSSR count). The Hall–Kier alpha value is -3.50. The number of fused-ring (bicyclic) bond motifs is 2. The van der Waals surface area contributed by atoms with Gasteiger partial charge in [0.15, 0.2) is 0 Å². The van der Waals surface area contributed by atoms with Gasteiger partial charge < -0.3 is 10.4 Å². The minimum Gasteiger partial charge on any atom is -0.507 e. The number of anilines is 1. The Morgan fingerprint density at radius 1 is 0.812 bits per heavy atom. The monoisotopic (exact) mass is 437 g/mol. The Kier molecular flexibility index (Phi) is 5.70. The van der Waals surface area contributed by atoms with Crippen LogP contribution in [0.15, 0.2) is 101 Å². The van der Waals surface area contributed by atoms with Crippen molar-refractivity contribution in [2.45, 2.75) is 17.7 Å². The lowest BCUT2D eigenvalue weighted by atomic mass is 10.0. The molecule has 158 valence electrons. The van der Waals surface area contributed by atoms with Crippen LogP contribution in [-0.4, -0.2) is 16.8 Å². The molecule has 0 saturated heterocycles. The van der Waals surface area contributed by atoms with Crippen molar-refractivity contribution in [2.75, 3.05) is 11.1 Å². The zero-order chi connectivity index (χ0) is 21.9. The van der Waals surface area contributed by atoms with Crippen LogP contribution in [0, 0.1) is 0 Å². The van der Waals surface area contributed by atoms with Crippen LogP contribution in [-0.2, 0) is 17.6 Å². The zero-order valence-electron chi connectivity index (χ0n) is 17.5. The van der Waals surface area contributed by atoms with Crippen molar-refractivity contribution >= 4 is 39.9 Å². The van der Waals surface area contributed by atoms with E-state index in [1.807, 2.05) is 36.4 Å². The average Bonchev–Trinajstić information content (AvgIpc) is 2.84. The van der Waals surface area contributed by atoms with E-state index in [1.54, 1.807) is 11.8 Å². The van der Waals surface area contributed by atoms with Gasteiger partial charge in [-0.1, -0.05) is 72.8 Å². The van der Waals surface area contributed by atoms with Crippen molar-refractivity contribution in [1.29, 1.82) is 0 Å². The number of aryl methyl sites for hydroxylation is 2. The molecule has 0 spiro atoms. The number of carbonyl (C=O) groups excluding carboxylic acids is 1. The quantitative estimate of drug-likeness (QED) is 0.368. The Morgan fingerprint density at radius 2 is 1.50 bits per heavy atom. The Morgan fingerprint density at radius 3 is 2.34 bits per heavy atom. The molecular formula is C28H23NO2S. The van der Waals surface area contributed by atoms with Gasteiger partial charge in [0.1, 0.15) is 5.76 Å². The van der Waals surface area contributed by atoms with Crippen molar-refractivity contribution in [3.8, 4) is 0 Å². The first-order chi connectivity index (χ1) is 15.7. The molecule has 0 bridgehead atoms. The molecule has 4 heteroatoms. The molecule has 0 aliphatic carbocycles. The molecule has 2 N–H and O–H groups in total. The Balaban J connectivity index is 1.23. The summed E-state index contributed by atoms with van der Waals surface area (Å²) in [6, 6.07) is 30.6. The van der Waals surface area contributed by atoms with E-state index in [2.05, 4.69) is 59.9 Å². The first kappa shape index (κ1) is 20.4. The Labute approximate surface area is 191 Å². The van der Waals surface area contributed by atoms with Gasteiger partial charge in [-0.15, -0.1) is 11.8 Å². The highest BCUT2D eigenvalue weighted by molar-refractivity contribution is 7.99. The van der Waals surface area contributed by atoms with E-state index in [9.17, 15) is 9.90 Å². The highest BCUT2D eigenvalue weighted by Gasteiger charge is 2.23. The highest BCUT2D eigenvalue weighted by Crippen LogP contribution is 2.36. The maximum atomic E-state index is 12.7. The summed E-state index contributed by atoms with van der Waals surface area (Å²) in [5.41, 5.74) is 4.40. The third-order valence-corrected chi connectivity index (χ3v) is 6.90. The normalized spacial score (nSPS) is 13.1. The maximum absolute atomic E-state index is 12.7. The van der Waals surface area contributed by atoms with Gasteiger partial charge in [-0.25, -0.2) is 0 Å². The summed E-state index contributed by atoms with van der Waals surface area (Å²) in [6.07, 6.45) is 1.90. The van der Waals surface area contributed by atoms with Crippen LogP contribution in [0.5, 0.6) is 0 Å². The summed E-state index contributed by atoms with van der Waals surface area (Å²) in [4.78, 5) is 13.7. The standard InChI is InChI=1S/C28H23NO2S/c30-27-24-7-3-4-8-26(24)32-18-25(27)28(31)29-23-15-12-19(13-16-23)9-10-20-11-14-21-5-1-2-6-22(21)17-20/h1-8,11-17,30H,9-10,18H2,(H,29,31). The van der Waals surface area contributed by atoms with E-state index in [0.29, 0.717) is 11.3 Å². The molecule has 32 heavy (non-hydrogen) atoms. The van der Waals surface area contributed by atoms with E-state index < -0.39 is 0 Å². The number of rotatable bonds is 5. The average molecular weight is 438 g/mol. The topological polar surface area (TPSA) is 49.3 Å². The highest BCUT2D eigenvalue weighted by atomic mass is 32.2. The second kappa shape index (κ2) is 8.93. The molecule has 0 saturated carbocycles. The minimum absolute atomic E-state index is 0.0730. The van der Waals surface area contributed by atoms with Crippen molar-refractivity contribution in [2.24, 2.45) is 0 Å². The number of aliphatic hydroxyl groups excluding tert-OH is 1. The van der Waals surface area contributed by atoms with Gasteiger partial charge in [-0.05, 0) is 52.9 Å². The number of nitrogens with one attached hydrogen (secondary N) is 1. The molecule has 1 aliphatic heterocycles. The molecule has 0 atom stereocenters. The van der Waals surface area contributed by atoms with Crippen LogP contribution in [0.3, 0.4) is 0 Å². The number of hydrogen-bond donors (Lipinski definition) is 2. The van der Waals surface area contributed by atoms with Gasteiger partial charge >= 0.3 is 0 Å². The summed E-state index contributed by atoms with van der Waals surface area (Å²) >= 11 is 1.57. The number of thioether (sulfide) groups is 1. The van der Waals surface area contributed by atoms with Crippen molar-refractivity contribution < 1.29 is 9.90 Å². The predicted molar refractivity (Wildman–Crippen MR) is 133 cm³/mol. The fraction of sp³-hybridized carbons (Fsp3) is 0.107. The molecule has 4 aromatic rings. The molecule has 0 aromatic heterocycles. The van der Waals surface area contributed by atoms with Gasteiger partial charge in [0.25, 0.3) is 5.91 Å². The third kappa shape index (κ3) is 4.27. The van der Waals surface area contributed by atoms with E-state index in [0.717, 1.165) is 29.0 Å². The fourth-order valence-corrected chi connectivity index (χ4v) is 5.05. The summed E-state index contributed by atoms with van der Waals surface area (Å²) in [5.74, 6) is 0.274. The largest absolute Gasteiger partial charge is 0.507 e. The van der Waals surface area contributed by atoms with E-state index in [4.69, 9.17) is 0 Å². The SMILES string of the molecule is O=C(Nc1ccc(CCc2ccc3ccccc3c2)cc1)C1=C(O)c2ccccc2SC1. The summed E-state index contributed by atoms with van der Waals surface area (Å²) in [6.45, 7) is 0. The van der Waals surface area contributed by atoms with Crippen LogP contribution in [0.4, 0.5) is 5.69 Å². The van der Waals surface area contributed by atoms with Crippen molar-refractivity contribution in [1.82, 2.24) is 0 Å². The predicted octanol–water partition coefficient (Wildman–Crippen LogP) is 6.64. The molecule has 1 aliphatic rings. The van der Waals surface area contributed by atoms with E-state index in [1.165, 1.54) is 21.9 Å². The number of aliphatic hydroxyl groups is 1. The Bertz CT molecular complexity index is 1320. The smallest absolute Gasteiger partial charge is 0.256 e. The number of benzene rings is 4. The van der Waals surface area contributed by atoms with Gasteiger partial charge in [0, 0.05) is 21.9 Å². The molecule has 1 heterocycles. The zero-order valence-corrected chi connectivity index (χ0v) is 18.4. The van der Waals surface area contributed by atoms with Gasteiger partial charge in [0.2, 0.25) is 0 Å². The molecule has 4 aromatic carbocycles. The number of amides is 1. The van der Waals surface area contributed by atoms with E-state index in [-0.39, 0.29) is 11.7 Å². The van der Waals surface area contributed by atoms with Crippen LogP contribution in [0.1, 0.15) is 16.7 Å². The van der Waals surface area contributed by atoms with Crippen LogP contribution in [0.25, 0.3) is 16.5 Å². The second-order valence-electron chi connectivity index (χ2n) is 7.94. The molecule has 0 fully saturated rings. The van der Waals surface area contributed by atoms with E-state index >= 15 is 0 Å².